The van der Waals surface area contributed by atoms with Gasteiger partial charge in [0, 0.05) is 6.42 Å². The van der Waals surface area contributed by atoms with Gasteiger partial charge in [0.1, 0.15) is 5.01 Å². The Kier molecular flexibility index (Phi) is 2.00. The van der Waals surface area contributed by atoms with Gasteiger partial charge in [-0.25, -0.2) is 0 Å². The number of hydrogen-bond acceptors (Lipinski definition) is 5. The average molecular weight is 223 g/mol. The fourth-order valence-corrected chi connectivity index (χ4v) is 2.64. The highest BCUT2D eigenvalue weighted by atomic mass is 32.1. The summed E-state index contributed by atoms with van der Waals surface area (Å²) in [5.74, 6) is 1.55. The quantitative estimate of drug-likeness (QED) is 0.847. The van der Waals surface area contributed by atoms with E-state index < -0.39 is 0 Å². The van der Waals surface area contributed by atoms with E-state index in [0.29, 0.717) is 5.92 Å². The van der Waals surface area contributed by atoms with Crippen LogP contribution in [-0.4, -0.2) is 19.8 Å². The fourth-order valence-electron chi connectivity index (χ4n) is 1.68. The number of aryl methyl sites for hydroxylation is 1. The third-order valence-electron chi connectivity index (χ3n) is 2.80. The van der Waals surface area contributed by atoms with Gasteiger partial charge in [-0.15, -0.1) is 10.2 Å². The van der Waals surface area contributed by atoms with Crippen molar-refractivity contribution in [3.05, 3.63) is 10.8 Å². The molecule has 1 unspecified atom stereocenters. The van der Waals surface area contributed by atoms with Crippen LogP contribution < -0.4 is 5.73 Å². The summed E-state index contributed by atoms with van der Waals surface area (Å²) in [6.07, 6.45) is 3.33. The molecule has 0 spiro atoms. The molecule has 2 aromatic rings. The van der Waals surface area contributed by atoms with E-state index in [1.807, 2.05) is 4.52 Å². The smallest absolute Gasteiger partial charge is 0.234 e. The maximum atomic E-state index is 6.10. The molecule has 2 N–H and O–H groups in total. The summed E-state index contributed by atoms with van der Waals surface area (Å²) in [7, 11) is 0. The molecular weight excluding hydrogens is 210 g/mol. The van der Waals surface area contributed by atoms with Gasteiger partial charge in [-0.2, -0.15) is 9.61 Å². The first-order valence-electron chi connectivity index (χ1n) is 5.26. The van der Waals surface area contributed by atoms with Crippen LogP contribution in [0.5, 0.6) is 0 Å². The molecule has 0 amide bonds. The molecule has 0 bridgehead atoms. The molecule has 0 radical (unpaired) electrons. The molecule has 0 aliphatic heterocycles. The molecule has 6 heteroatoms. The van der Waals surface area contributed by atoms with E-state index in [9.17, 15) is 0 Å². The number of hydrogen-bond donors (Lipinski definition) is 1. The van der Waals surface area contributed by atoms with Crippen molar-refractivity contribution < 1.29 is 0 Å². The zero-order valence-electron chi connectivity index (χ0n) is 8.55. The molecule has 5 nitrogen and oxygen atoms in total. The molecule has 1 atom stereocenters. The van der Waals surface area contributed by atoms with Crippen LogP contribution in [0.15, 0.2) is 0 Å². The SMILES string of the molecule is CCc1nnc2sc(C(N)C3CC3)nn12. The van der Waals surface area contributed by atoms with Crippen LogP contribution in [0.25, 0.3) is 4.96 Å². The van der Waals surface area contributed by atoms with Gasteiger partial charge in [-0.05, 0) is 18.8 Å². The first kappa shape index (κ1) is 9.23. The Balaban J connectivity index is 2.01. The number of rotatable bonds is 3. The Morgan fingerprint density at radius 1 is 1.53 bits per heavy atom. The molecular formula is C9H13N5S. The minimum Gasteiger partial charge on any atom is -0.322 e. The monoisotopic (exact) mass is 223 g/mol. The lowest BCUT2D eigenvalue weighted by molar-refractivity contribution is 0.614. The highest BCUT2D eigenvalue weighted by Crippen LogP contribution is 2.40. The molecule has 0 aromatic carbocycles. The van der Waals surface area contributed by atoms with Gasteiger partial charge >= 0.3 is 0 Å². The van der Waals surface area contributed by atoms with E-state index in [1.165, 1.54) is 12.8 Å². The van der Waals surface area contributed by atoms with Crippen LogP contribution in [0.1, 0.15) is 36.6 Å². The Labute approximate surface area is 91.3 Å². The highest BCUT2D eigenvalue weighted by molar-refractivity contribution is 7.16. The maximum Gasteiger partial charge on any atom is 0.234 e. The topological polar surface area (TPSA) is 69.1 Å². The van der Waals surface area contributed by atoms with Gasteiger partial charge in [-0.1, -0.05) is 18.3 Å². The predicted molar refractivity (Wildman–Crippen MR) is 57.7 cm³/mol. The summed E-state index contributed by atoms with van der Waals surface area (Å²) in [6, 6.07) is 0.0985. The van der Waals surface area contributed by atoms with Crippen LogP contribution in [0.4, 0.5) is 0 Å². The molecule has 0 saturated heterocycles. The van der Waals surface area contributed by atoms with Gasteiger partial charge in [0.15, 0.2) is 5.82 Å². The summed E-state index contributed by atoms with van der Waals surface area (Å²) in [5.41, 5.74) is 6.10. The van der Waals surface area contributed by atoms with E-state index in [4.69, 9.17) is 5.73 Å². The molecule has 1 aliphatic rings. The second-order valence-electron chi connectivity index (χ2n) is 3.97. The Morgan fingerprint density at radius 3 is 3.00 bits per heavy atom. The highest BCUT2D eigenvalue weighted by Gasteiger charge is 2.32. The van der Waals surface area contributed by atoms with E-state index in [1.54, 1.807) is 11.3 Å². The number of nitrogens with two attached hydrogens (primary N) is 1. The van der Waals surface area contributed by atoms with Gasteiger partial charge in [0.25, 0.3) is 0 Å². The first-order chi connectivity index (χ1) is 7.29. The lowest BCUT2D eigenvalue weighted by atomic mass is 10.2. The molecule has 2 aromatic heterocycles. The summed E-state index contributed by atoms with van der Waals surface area (Å²) in [5, 5.41) is 13.6. The second kappa shape index (κ2) is 3.24. The van der Waals surface area contributed by atoms with Crippen molar-refractivity contribution in [3.8, 4) is 0 Å². The number of nitrogens with zero attached hydrogens (tertiary/aromatic N) is 4. The van der Waals surface area contributed by atoms with E-state index in [0.717, 1.165) is 22.2 Å². The molecule has 2 heterocycles. The Bertz CT molecular complexity index is 484. The Morgan fingerprint density at radius 2 is 2.33 bits per heavy atom. The summed E-state index contributed by atoms with van der Waals surface area (Å²) < 4.78 is 1.82. The van der Waals surface area contributed by atoms with Gasteiger partial charge in [-0.3, -0.25) is 0 Å². The summed E-state index contributed by atoms with van der Waals surface area (Å²) in [6.45, 7) is 2.05. The van der Waals surface area contributed by atoms with Crippen LogP contribution in [0.3, 0.4) is 0 Å². The van der Waals surface area contributed by atoms with Crippen molar-refractivity contribution >= 4 is 16.3 Å². The van der Waals surface area contributed by atoms with E-state index >= 15 is 0 Å². The average Bonchev–Trinajstić information content (AvgIpc) is 2.88. The molecule has 1 fully saturated rings. The van der Waals surface area contributed by atoms with E-state index in [-0.39, 0.29) is 6.04 Å². The number of aromatic nitrogens is 4. The van der Waals surface area contributed by atoms with Gasteiger partial charge < -0.3 is 5.73 Å². The van der Waals surface area contributed by atoms with Crippen molar-refractivity contribution in [2.24, 2.45) is 11.7 Å². The number of fused-ring (bicyclic) bond motifs is 1. The van der Waals surface area contributed by atoms with Crippen LogP contribution in [0.2, 0.25) is 0 Å². The largest absolute Gasteiger partial charge is 0.322 e. The van der Waals surface area contributed by atoms with Crippen molar-refractivity contribution in [3.63, 3.8) is 0 Å². The predicted octanol–water partition coefficient (Wildman–Crippen LogP) is 1.16. The summed E-state index contributed by atoms with van der Waals surface area (Å²) in [4.78, 5) is 0.859. The van der Waals surface area contributed by atoms with Crippen molar-refractivity contribution in [1.82, 2.24) is 19.8 Å². The fraction of sp³-hybridized carbons (Fsp3) is 0.667. The molecule has 3 rings (SSSR count). The lowest BCUT2D eigenvalue weighted by Crippen LogP contribution is -2.12. The summed E-state index contributed by atoms with van der Waals surface area (Å²) >= 11 is 1.56. The minimum absolute atomic E-state index is 0.0985. The maximum absolute atomic E-state index is 6.10. The standard InChI is InChI=1S/C9H13N5S/c1-2-6-11-12-9-14(6)13-8(15-9)7(10)5-3-4-5/h5,7H,2-4,10H2,1H3. The van der Waals surface area contributed by atoms with Crippen molar-refractivity contribution in [2.75, 3.05) is 0 Å². The molecule has 80 valence electrons. The van der Waals surface area contributed by atoms with Gasteiger partial charge in [0.05, 0.1) is 6.04 Å². The van der Waals surface area contributed by atoms with Gasteiger partial charge in [0.2, 0.25) is 4.96 Å². The normalized spacial score (nSPS) is 18.5. The first-order valence-corrected chi connectivity index (χ1v) is 6.08. The minimum atomic E-state index is 0.0985. The Hall–Kier alpha value is -1.01. The zero-order valence-corrected chi connectivity index (χ0v) is 9.37. The third kappa shape index (κ3) is 1.44. The molecule has 15 heavy (non-hydrogen) atoms. The molecule has 1 saturated carbocycles. The lowest BCUT2D eigenvalue weighted by Gasteiger charge is -2.03. The molecule has 1 aliphatic carbocycles. The third-order valence-corrected chi connectivity index (χ3v) is 3.80. The van der Waals surface area contributed by atoms with Crippen molar-refractivity contribution in [2.45, 2.75) is 32.2 Å². The van der Waals surface area contributed by atoms with Crippen LogP contribution in [-0.2, 0) is 6.42 Å². The van der Waals surface area contributed by atoms with Crippen LogP contribution >= 0.6 is 11.3 Å². The van der Waals surface area contributed by atoms with Crippen molar-refractivity contribution in [1.29, 1.82) is 0 Å². The second-order valence-corrected chi connectivity index (χ2v) is 4.96. The van der Waals surface area contributed by atoms with E-state index in [2.05, 4.69) is 22.2 Å². The zero-order chi connectivity index (χ0) is 10.4. The van der Waals surface area contributed by atoms with Crippen LogP contribution in [0, 0.1) is 5.92 Å².